The molecule has 2 aliphatic heterocycles. The molecule has 0 spiro atoms. The predicted molar refractivity (Wildman–Crippen MR) is 104 cm³/mol. The van der Waals surface area contributed by atoms with Gasteiger partial charge in [-0.1, -0.05) is 23.7 Å². The molecular weight excluding hydrogens is 352 g/mol. The van der Waals surface area contributed by atoms with Crippen molar-refractivity contribution in [3.8, 4) is 0 Å². The zero-order valence-electron chi connectivity index (χ0n) is 15.6. The first-order valence-electron chi connectivity index (χ1n) is 9.39. The third-order valence-electron chi connectivity index (χ3n) is 5.18. The lowest BCUT2D eigenvalue weighted by Crippen LogP contribution is -2.49. The van der Waals surface area contributed by atoms with Crippen LogP contribution in [-0.2, 0) is 11.3 Å². The Morgan fingerprint density at radius 2 is 1.58 bits per heavy atom. The molecule has 0 atom stereocenters. The summed E-state index contributed by atoms with van der Waals surface area (Å²) in [5, 5.41) is 0.762. The van der Waals surface area contributed by atoms with E-state index >= 15 is 0 Å². The summed E-state index contributed by atoms with van der Waals surface area (Å²) in [4.78, 5) is 21.1. The molecule has 26 heavy (non-hydrogen) atoms. The van der Waals surface area contributed by atoms with Crippen LogP contribution in [-0.4, -0.2) is 98.3 Å². The second-order valence-corrected chi connectivity index (χ2v) is 7.59. The van der Waals surface area contributed by atoms with Gasteiger partial charge in [0.15, 0.2) is 0 Å². The molecule has 0 aromatic heterocycles. The first-order valence-corrected chi connectivity index (χ1v) is 9.77. The fraction of sp³-hybridized carbons (Fsp3) is 0.632. The van der Waals surface area contributed by atoms with E-state index in [0.717, 1.165) is 70.5 Å². The maximum absolute atomic E-state index is 12.2. The minimum absolute atomic E-state index is 0.176. The lowest BCUT2D eigenvalue weighted by Gasteiger charge is -2.34. The van der Waals surface area contributed by atoms with Crippen LogP contribution in [0.25, 0.3) is 0 Å². The van der Waals surface area contributed by atoms with Gasteiger partial charge in [0.25, 0.3) is 0 Å². The number of carbonyl (C=O) groups excluding carboxylic acids is 1. The van der Waals surface area contributed by atoms with Crippen LogP contribution in [0.15, 0.2) is 24.3 Å². The van der Waals surface area contributed by atoms with Crippen LogP contribution in [0.2, 0.25) is 5.02 Å². The van der Waals surface area contributed by atoms with Crippen molar-refractivity contribution in [3.63, 3.8) is 0 Å². The highest BCUT2D eigenvalue weighted by Crippen LogP contribution is 2.13. The summed E-state index contributed by atoms with van der Waals surface area (Å²) < 4.78 is 5.48. The number of carbonyl (C=O) groups is 1. The Bertz CT molecular complexity index is 567. The van der Waals surface area contributed by atoms with Gasteiger partial charge in [-0.25, -0.2) is 4.79 Å². The second kappa shape index (κ2) is 9.55. The van der Waals surface area contributed by atoms with Crippen LogP contribution in [0, 0.1) is 0 Å². The van der Waals surface area contributed by atoms with E-state index in [0.29, 0.717) is 6.61 Å². The fourth-order valence-corrected chi connectivity index (χ4v) is 3.49. The quantitative estimate of drug-likeness (QED) is 0.779. The van der Waals surface area contributed by atoms with Gasteiger partial charge in [0.2, 0.25) is 0 Å². The van der Waals surface area contributed by atoms with Gasteiger partial charge in [-0.05, 0) is 24.7 Å². The number of halogens is 1. The summed E-state index contributed by atoms with van der Waals surface area (Å²) in [5.74, 6) is 0. The molecule has 0 aliphatic carbocycles. The molecule has 0 N–H and O–H groups in total. The smallest absolute Gasteiger partial charge is 0.409 e. The molecule has 0 saturated carbocycles. The SMILES string of the molecule is CN1CCN(CCOC(=O)N2CCN(Cc3ccc(Cl)cc3)CC2)CC1. The first kappa shape index (κ1) is 19.4. The van der Waals surface area contributed by atoms with Crippen LogP contribution in [0.4, 0.5) is 4.79 Å². The van der Waals surface area contributed by atoms with Gasteiger partial charge in [0, 0.05) is 70.5 Å². The van der Waals surface area contributed by atoms with Gasteiger partial charge in [0.1, 0.15) is 6.61 Å². The maximum atomic E-state index is 12.2. The van der Waals surface area contributed by atoms with Gasteiger partial charge < -0.3 is 14.5 Å². The molecule has 0 bridgehead atoms. The molecule has 2 aliphatic rings. The van der Waals surface area contributed by atoms with E-state index in [1.807, 2.05) is 17.0 Å². The number of nitrogens with zero attached hydrogens (tertiary/aromatic N) is 4. The largest absolute Gasteiger partial charge is 0.448 e. The molecule has 144 valence electrons. The highest BCUT2D eigenvalue weighted by Gasteiger charge is 2.22. The molecule has 6 nitrogen and oxygen atoms in total. The Kier molecular flexibility index (Phi) is 7.14. The molecule has 2 fully saturated rings. The predicted octanol–water partition coefficient (Wildman–Crippen LogP) is 1.84. The summed E-state index contributed by atoms with van der Waals surface area (Å²) in [6.45, 7) is 9.67. The lowest BCUT2D eigenvalue weighted by atomic mass is 10.2. The van der Waals surface area contributed by atoms with Crippen LogP contribution >= 0.6 is 11.6 Å². The first-order chi connectivity index (χ1) is 12.6. The number of amides is 1. The van der Waals surface area contributed by atoms with Crippen molar-refractivity contribution in [2.75, 3.05) is 72.6 Å². The van der Waals surface area contributed by atoms with Crippen LogP contribution in [0.1, 0.15) is 5.56 Å². The van der Waals surface area contributed by atoms with Crippen molar-refractivity contribution in [1.82, 2.24) is 19.6 Å². The van der Waals surface area contributed by atoms with E-state index in [2.05, 4.69) is 33.9 Å². The minimum Gasteiger partial charge on any atom is -0.448 e. The van der Waals surface area contributed by atoms with Gasteiger partial charge in [-0.2, -0.15) is 0 Å². The Labute approximate surface area is 161 Å². The standard InChI is InChI=1S/C19H29ClN4O2/c1-21-6-8-22(9-7-21)14-15-26-19(25)24-12-10-23(11-13-24)16-17-2-4-18(20)5-3-17/h2-5H,6-16H2,1H3. The molecule has 1 aromatic carbocycles. The number of hydrogen-bond donors (Lipinski definition) is 0. The van der Waals surface area contributed by atoms with Gasteiger partial charge in [-0.3, -0.25) is 9.80 Å². The minimum atomic E-state index is -0.176. The molecule has 1 aromatic rings. The topological polar surface area (TPSA) is 39.3 Å². The van der Waals surface area contributed by atoms with E-state index in [9.17, 15) is 4.79 Å². The van der Waals surface area contributed by atoms with Crippen molar-refractivity contribution < 1.29 is 9.53 Å². The molecule has 3 rings (SSSR count). The van der Waals surface area contributed by atoms with E-state index in [1.165, 1.54) is 5.56 Å². The van der Waals surface area contributed by atoms with E-state index in [1.54, 1.807) is 0 Å². The molecule has 0 radical (unpaired) electrons. The van der Waals surface area contributed by atoms with Gasteiger partial charge in [-0.15, -0.1) is 0 Å². The third-order valence-corrected chi connectivity index (χ3v) is 5.43. The number of benzene rings is 1. The van der Waals surface area contributed by atoms with Crippen molar-refractivity contribution in [1.29, 1.82) is 0 Å². The van der Waals surface area contributed by atoms with Crippen LogP contribution in [0.5, 0.6) is 0 Å². The number of likely N-dealkylation sites (N-methyl/N-ethyl adjacent to an activating group) is 1. The number of rotatable bonds is 5. The van der Waals surface area contributed by atoms with Gasteiger partial charge in [0.05, 0.1) is 0 Å². The Balaban J connectivity index is 1.32. The second-order valence-electron chi connectivity index (χ2n) is 7.15. The summed E-state index contributed by atoms with van der Waals surface area (Å²) in [7, 11) is 2.14. The Morgan fingerprint density at radius 1 is 0.962 bits per heavy atom. The summed E-state index contributed by atoms with van der Waals surface area (Å²) in [5.41, 5.74) is 1.25. The maximum Gasteiger partial charge on any atom is 0.409 e. The zero-order chi connectivity index (χ0) is 18.4. The molecule has 2 saturated heterocycles. The molecule has 1 amide bonds. The fourth-order valence-electron chi connectivity index (χ4n) is 3.36. The average molecular weight is 381 g/mol. The highest BCUT2D eigenvalue weighted by atomic mass is 35.5. The molecule has 2 heterocycles. The van der Waals surface area contributed by atoms with Crippen molar-refractivity contribution in [2.24, 2.45) is 0 Å². The zero-order valence-corrected chi connectivity index (χ0v) is 16.3. The molecular formula is C19H29ClN4O2. The van der Waals surface area contributed by atoms with E-state index in [4.69, 9.17) is 16.3 Å². The molecule has 0 unspecified atom stereocenters. The van der Waals surface area contributed by atoms with Crippen molar-refractivity contribution >= 4 is 17.7 Å². The Hall–Kier alpha value is -1.34. The molecule has 7 heteroatoms. The van der Waals surface area contributed by atoms with Crippen molar-refractivity contribution in [3.05, 3.63) is 34.9 Å². The Morgan fingerprint density at radius 3 is 2.23 bits per heavy atom. The lowest BCUT2D eigenvalue weighted by molar-refractivity contribution is 0.0614. The number of piperazine rings is 2. The average Bonchev–Trinajstić information content (AvgIpc) is 2.66. The van der Waals surface area contributed by atoms with Gasteiger partial charge >= 0.3 is 6.09 Å². The normalized spacial score (nSPS) is 20.3. The summed E-state index contributed by atoms with van der Waals surface area (Å²) in [6, 6.07) is 7.96. The van der Waals surface area contributed by atoms with Crippen LogP contribution in [0.3, 0.4) is 0 Å². The van der Waals surface area contributed by atoms with Crippen molar-refractivity contribution in [2.45, 2.75) is 6.54 Å². The monoisotopic (exact) mass is 380 g/mol. The number of ether oxygens (including phenoxy) is 1. The summed E-state index contributed by atoms with van der Waals surface area (Å²) >= 11 is 5.93. The van der Waals surface area contributed by atoms with Crippen LogP contribution < -0.4 is 0 Å². The van der Waals surface area contributed by atoms with E-state index in [-0.39, 0.29) is 6.09 Å². The highest BCUT2D eigenvalue weighted by molar-refractivity contribution is 6.30. The number of hydrogen-bond acceptors (Lipinski definition) is 5. The van der Waals surface area contributed by atoms with E-state index < -0.39 is 0 Å². The third kappa shape index (κ3) is 5.84. The summed E-state index contributed by atoms with van der Waals surface area (Å²) in [6.07, 6.45) is -0.176.